The highest BCUT2D eigenvalue weighted by atomic mass is 19.2. The number of halogens is 2. The Morgan fingerprint density at radius 1 is 0.980 bits per heavy atom. The largest absolute Gasteiger partial charge is 0.464 e. The summed E-state index contributed by atoms with van der Waals surface area (Å²) in [6.07, 6.45) is -0.234. The third-order valence-corrected chi connectivity index (χ3v) is 7.40. The number of fused-ring (bicyclic) bond motifs is 2. The minimum Gasteiger partial charge on any atom is -0.464 e. The molecule has 2 aromatic carbocycles. The number of anilines is 1. The fourth-order valence-electron chi connectivity index (χ4n) is 5.08. The molecule has 3 N–H and O–H groups in total. The molecule has 5 rings (SSSR count). The molecule has 0 bridgehead atoms. The van der Waals surface area contributed by atoms with E-state index in [4.69, 9.17) is 4.74 Å². The quantitative estimate of drug-likeness (QED) is 0.187. The molecule has 0 radical (unpaired) electrons. The Labute approximate surface area is 284 Å². The van der Waals surface area contributed by atoms with E-state index in [1.54, 1.807) is 51.1 Å². The standard InChI is InChI=1S/C34H34F2N8O6/c1-18(2)27-15-26(42-31-39-17-40-44(27)31)30(46)41-25(14-19-7-9-23(35)24(36)13-19)29(45)38-16-20-6-8-22-21(12-20)10-11-37-28(22)43(32(47)48)33(49)50-34(3,4)5/h6-13,15,17-18,25H,14,16H2,1-5H3,(H,38,45)(H,41,46)(H,47,48). The molecule has 3 aromatic heterocycles. The lowest BCUT2D eigenvalue weighted by molar-refractivity contribution is -0.123. The molecule has 0 aliphatic rings. The Hall–Kier alpha value is -6.06. The Morgan fingerprint density at radius 3 is 2.40 bits per heavy atom. The summed E-state index contributed by atoms with van der Waals surface area (Å²) in [6, 6.07) is 9.95. The van der Waals surface area contributed by atoms with Crippen molar-refractivity contribution in [1.29, 1.82) is 0 Å². The molecule has 14 nitrogen and oxygen atoms in total. The maximum atomic E-state index is 14.1. The molecule has 0 spiro atoms. The number of hydrogen-bond acceptors (Lipinski definition) is 9. The number of amides is 4. The van der Waals surface area contributed by atoms with Gasteiger partial charge in [0.25, 0.3) is 11.7 Å². The molecular formula is C34H34F2N8O6. The second-order valence-corrected chi connectivity index (χ2v) is 12.7. The van der Waals surface area contributed by atoms with Crippen LogP contribution in [0.3, 0.4) is 0 Å². The summed E-state index contributed by atoms with van der Waals surface area (Å²) >= 11 is 0. The van der Waals surface area contributed by atoms with Crippen molar-refractivity contribution in [2.24, 2.45) is 0 Å². The van der Waals surface area contributed by atoms with Gasteiger partial charge in [-0.15, -0.1) is 0 Å². The number of rotatable bonds is 9. The van der Waals surface area contributed by atoms with Gasteiger partial charge in [-0.05, 0) is 73.5 Å². The number of benzene rings is 2. The summed E-state index contributed by atoms with van der Waals surface area (Å²) in [5.74, 6) is -3.51. The molecule has 260 valence electrons. The Kier molecular flexibility index (Phi) is 10.0. The van der Waals surface area contributed by atoms with E-state index in [1.807, 2.05) is 13.8 Å². The van der Waals surface area contributed by atoms with Crippen LogP contribution in [-0.2, 0) is 22.5 Å². The van der Waals surface area contributed by atoms with Gasteiger partial charge in [0.15, 0.2) is 17.5 Å². The van der Waals surface area contributed by atoms with Crippen LogP contribution in [-0.4, -0.2) is 65.3 Å². The van der Waals surface area contributed by atoms with Crippen LogP contribution in [0.15, 0.2) is 61.1 Å². The normalized spacial score (nSPS) is 12.2. The van der Waals surface area contributed by atoms with Crippen molar-refractivity contribution >= 4 is 46.4 Å². The predicted molar refractivity (Wildman–Crippen MR) is 177 cm³/mol. The molecule has 0 aliphatic carbocycles. The second-order valence-electron chi connectivity index (χ2n) is 12.7. The number of carbonyl (C=O) groups is 4. The van der Waals surface area contributed by atoms with Gasteiger partial charge in [-0.3, -0.25) is 9.59 Å². The van der Waals surface area contributed by atoms with Gasteiger partial charge in [0.05, 0.1) is 5.69 Å². The lowest BCUT2D eigenvalue weighted by Gasteiger charge is -2.24. The summed E-state index contributed by atoms with van der Waals surface area (Å²) in [5.41, 5.74) is 0.526. The number of carboxylic acid groups (broad SMARTS) is 1. The molecule has 5 aromatic rings. The molecule has 50 heavy (non-hydrogen) atoms. The Morgan fingerprint density at radius 2 is 1.72 bits per heavy atom. The van der Waals surface area contributed by atoms with E-state index in [0.717, 1.165) is 12.1 Å². The first kappa shape index (κ1) is 35.3. The molecule has 16 heteroatoms. The van der Waals surface area contributed by atoms with Gasteiger partial charge in [-0.1, -0.05) is 32.0 Å². The zero-order valence-electron chi connectivity index (χ0n) is 27.8. The summed E-state index contributed by atoms with van der Waals surface area (Å²) in [6.45, 7) is 8.59. The fourth-order valence-corrected chi connectivity index (χ4v) is 5.08. The van der Waals surface area contributed by atoms with E-state index in [0.29, 0.717) is 26.9 Å². The number of pyridine rings is 1. The van der Waals surface area contributed by atoms with Crippen molar-refractivity contribution in [1.82, 2.24) is 35.2 Å². The number of imide groups is 1. The van der Waals surface area contributed by atoms with Gasteiger partial charge in [-0.2, -0.15) is 15.0 Å². The molecule has 0 saturated carbocycles. The predicted octanol–water partition coefficient (Wildman–Crippen LogP) is 5.15. The van der Waals surface area contributed by atoms with Crippen molar-refractivity contribution in [2.45, 2.75) is 65.1 Å². The number of carbonyl (C=O) groups excluding carboxylic acids is 3. The van der Waals surface area contributed by atoms with E-state index >= 15 is 0 Å². The van der Waals surface area contributed by atoms with Gasteiger partial charge >= 0.3 is 12.2 Å². The van der Waals surface area contributed by atoms with E-state index in [-0.39, 0.29) is 41.7 Å². The highest BCUT2D eigenvalue weighted by molar-refractivity contribution is 6.13. The first-order valence-corrected chi connectivity index (χ1v) is 15.5. The lowest BCUT2D eigenvalue weighted by Crippen LogP contribution is -2.48. The second kappa shape index (κ2) is 14.2. The zero-order valence-corrected chi connectivity index (χ0v) is 27.8. The van der Waals surface area contributed by atoms with Crippen LogP contribution in [0, 0.1) is 11.6 Å². The molecule has 1 unspecified atom stereocenters. The average Bonchev–Trinajstić information content (AvgIpc) is 3.52. The number of ether oxygens (including phenoxy) is 1. The van der Waals surface area contributed by atoms with E-state index in [1.165, 1.54) is 23.1 Å². The third-order valence-electron chi connectivity index (χ3n) is 7.40. The number of aromatic nitrogens is 5. The van der Waals surface area contributed by atoms with Crippen LogP contribution >= 0.6 is 0 Å². The Balaban J connectivity index is 1.38. The highest BCUT2D eigenvalue weighted by Gasteiger charge is 2.31. The van der Waals surface area contributed by atoms with Crippen molar-refractivity contribution in [3.05, 3.63) is 95.2 Å². The average molecular weight is 689 g/mol. The maximum absolute atomic E-state index is 14.1. The molecule has 0 fully saturated rings. The molecule has 0 aliphatic heterocycles. The summed E-state index contributed by atoms with van der Waals surface area (Å²) in [5, 5.41) is 20.2. The van der Waals surface area contributed by atoms with Crippen LogP contribution in [0.2, 0.25) is 0 Å². The summed E-state index contributed by atoms with van der Waals surface area (Å²) < 4.78 is 34.5. The third kappa shape index (κ3) is 7.97. The molecule has 1 atom stereocenters. The van der Waals surface area contributed by atoms with Crippen molar-refractivity contribution in [3.63, 3.8) is 0 Å². The van der Waals surface area contributed by atoms with Crippen molar-refractivity contribution < 1.29 is 37.8 Å². The van der Waals surface area contributed by atoms with Crippen molar-refractivity contribution in [2.75, 3.05) is 4.90 Å². The molecule has 3 heterocycles. The van der Waals surface area contributed by atoms with E-state index < -0.39 is 47.3 Å². The SMILES string of the molecule is CC(C)c1cc(C(=O)NC(Cc2ccc(F)c(F)c2)C(=O)NCc2ccc3c(N(C(=O)O)C(=O)OC(C)(C)C)nccc3c2)nc2ncnn12. The summed E-state index contributed by atoms with van der Waals surface area (Å²) in [7, 11) is 0. The van der Waals surface area contributed by atoms with E-state index in [9.17, 15) is 33.1 Å². The topological polar surface area (TPSA) is 181 Å². The fraction of sp³-hybridized carbons (Fsp3) is 0.294. The van der Waals surface area contributed by atoms with Crippen LogP contribution in [0.25, 0.3) is 16.6 Å². The zero-order chi connectivity index (χ0) is 36.3. The van der Waals surface area contributed by atoms with Crippen molar-refractivity contribution in [3.8, 4) is 0 Å². The van der Waals surface area contributed by atoms with Crippen LogP contribution in [0.4, 0.5) is 24.2 Å². The minimum absolute atomic E-state index is 0.0157. The smallest absolute Gasteiger partial charge is 0.425 e. The van der Waals surface area contributed by atoms with Gasteiger partial charge in [0.1, 0.15) is 23.7 Å². The van der Waals surface area contributed by atoms with Crippen LogP contribution in [0.1, 0.15) is 67.8 Å². The molecular weight excluding hydrogens is 654 g/mol. The first-order valence-electron chi connectivity index (χ1n) is 15.5. The van der Waals surface area contributed by atoms with Crippen LogP contribution in [0.5, 0.6) is 0 Å². The van der Waals surface area contributed by atoms with Crippen LogP contribution < -0.4 is 15.5 Å². The number of nitrogens with zero attached hydrogens (tertiary/aromatic N) is 6. The minimum atomic E-state index is -1.58. The number of nitrogens with one attached hydrogen (secondary N) is 2. The monoisotopic (exact) mass is 688 g/mol. The first-order chi connectivity index (χ1) is 23.6. The van der Waals surface area contributed by atoms with Gasteiger partial charge in [-0.25, -0.2) is 32.9 Å². The van der Waals surface area contributed by atoms with Gasteiger partial charge in [0.2, 0.25) is 5.91 Å². The Bertz CT molecular complexity index is 2110. The van der Waals surface area contributed by atoms with Gasteiger partial charge < -0.3 is 20.5 Å². The summed E-state index contributed by atoms with van der Waals surface area (Å²) in [4.78, 5) is 64.7. The highest BCUT2D eigenvalue weighted by Crippen LogP contribution is 2.27. The molecule has 4 amide bonds. The van der Waals surface area contributed by atoms with Gasteiger partial charge in [0, 0.05) is 24.5 Å². The maximum Gasteiger partial charge on any atom is 0.425 e. The lowest BCUT2D eigenvalue weighted by atomic mass is 10.0. The molecule has 0 saturated heterocycles. The van der Waals surface area contributed by atoms with E-state index in [2.05, 4.69) is 30.7 Å². The number of hydrogen-bond donors (Lipinski definition) is 3.